The van der Waals surface area contributed by atoms with Crippen molar-refractivity contribution in [3.63, 3.8) is 0 Å². The molecule has 1 atom stereocenters. The van der Waals surface area contributed by atoms with Crippen LogP contribution in [0.1, 0.15) is 34.1 Å². The van der Waals surface area contributed by atoms with Crippen molar-refractivity contribution in [2.24, 2.45) is 11.3 Å². The summed E-state index contributed by atoms with van der Waals surface area (Å²) in [5, 5.41) is 14.3. The third-order valence-corrected chi connectivity index (χ3v) is 4.05. The lowest BCUT2D eigenvalue weighted by molar-refractivity contribution is -0.144. The van der Waals surface area contributed by atoms with Crippen molar-refractivity contribution < 1.29 is 14.7 Å². The van der Waals surface area contributed by atoms with Crippen LogP contribution in [0.5, 0.6) is 0 Å². The van der Waals surface area contributed by atoms with Crippen LogP contribution in [0.25, 0.3) is 0 Å². The molecule has 0 bridgehead atoms. The standard InChI is InChI=1S/C12H22N2O3/c1-11(2)8(10(17)13-5-6-15)7-9(16)14-12(11,3)4/h8,15H,5-7H2,1-4H3,(H,13,17)(H,14,16). The number of hydrogen-bond donors (Lipinski definition) is 3. The minimum Gasteiger partial charge on any atom is -0.395 e. The molecule has 1 unspecified atom stereocenters. The number of carbonyl (C=O) groups is 2. The maximum Gasteiger partial charge on any atom is 0.224 e. The van der Waals surface area contributed by atoms with E-state index in [9.17, 15) is 9.59 Å². The van der Waals surface area contributed by atoms with Crippen molar-refractivity contribution in [2.75, 3.05) is 13.2 Å². The summed E-state index contributed by atoms with van der Waals surface area (Å²) in [6.07, 6.45) is 0.202. The fraction of sp³-hybridized carbons (Fsp3) is 0.833. The number of carbonyl (C=O) groups excluding carboxylic acids is 2. The Kier molecular flexibility index (Phi) is 3.81. The van der Waals surface area contributed by atoms with Gasteiger partial charge in [0.15, 0.2) is 0 Å². The number of hydrogen-bond acceptors (Lipinski definition) is 3. The Bertz CT molecular complexity index is 324. The summed E-state index contributed by atoms with van der Waals surface area (Å²) in [5.74, 6) is -0.622. The monoisotopic (exact) mass is 242 g/mol. The Hall–Kier alpha value is -1.10. The first-order valence-electron chi connectivity index (χ1n) is 5.92. The Balaban J connectivity index is 2.89. The van der Waals surface area contributed by atoms with Gasteiger partial charge >= 0.3 is 0 Å². The predicted octanol–water partition coefficient (Wildman–Crippen LogP) is 0.0358. The minimum atomic E-state index is -0.427. The lowest BCUT2D eigenvalue weighted by Gasteiger charge is -2.50. The van der Waals surface area contributed by atoms with Crippen molar-refractivity contribution >= 4 is 11.8 Å². The van der Waals surface area contributed by atoms with Gasteiger partial charge in [-0.15, -0.1) is 0 Å². The first-order chi connectivity index (χ1) is 7.72. The van der Waals surface area contributed by atoms with Gasteiger partial charge < -0.3 is 15.7 Å². The molecule has 1 rings (SSSR count). The molecule has 17 heavy (non-hydrogen) atoms. The van der Waals surface area contributed by atoms with Gasteiger partial charge in [-0.1, -0.05) is 13.8 Å². The molecule has 2 amide bonds. The van der Waals surface area contributed by atoms with Gasteiger partial charge in [-0.3, -0.25) is 9.59 Å². The zero-order chi connectivity index (χ0) is 13.3. The molecule has 0 aromatic rings. The Morgan fingerprint density at radius 3 is 2.59 bits per heavy atom. The molecule has 0 saturated carbocycles. The zero-order valence-corrected chi connectivity index (χ0v) is 11.0. The number of nitrogens with one attached hydrogen (secondary N) is 2. The van der Waals surface area contributed by atoms with Crippen molar-refractivity contribution in [2.45, 2.75) is 39.7 Å². The van der Waals surface area contributed by atoms with E-state index in [-0.39, 0.29) is 42.7 Å². The molecule has 0 aliphatic carbocycles. The molecule has 0 aromatic carbocycles. The van der Waals surface area contributed by atoms with Gasteiger partial charge in [-0.2, -0.15) is 0 Å². The lowest BCUT2D eigenvalue weighted by atomic mass is 9.62. The Morgan fingerprint density at radius 1 is 1.47 bits per heavy atom. The largest absolute Gasteiger partial charge is 0.395 e. The maximum atomic E-state index is 12.0. The van der Waals surface area contributed by atoms with Gasteiger partial charge in [0.1, 0.15) is 0 Å². The average molecular weight is 242 g/mol. The molecule has 1 aliphatic heterocycles. The molecule has 5 nitrogen and oxygen atoms in total. The fourth-order valence-corrected chi connectivity index (χ4v) is 2.16. The average Bonchev–Trinajstić information content (AvgIpc) is 2.19. The molecular formula is C12H22N2O3. The van der Waals surface area contributed by atoms with Crippen molar-refractivity contribution in [3.05, 3.63) is 0 Å². The van der Waals surface area contributed by atoms with E-state index in [1.165, 1.54) is 0 Å². The zero-order valence-electron chi connectivity index (χ0n) is 11.0. The SMILES string of the molecule is CC1(C)NC(=O)CC(C(=O)NCCO)C1(C)C. The van der Waals surface area contributed by atoms with Crippen LogP contribution < -0.4 is 10.6 Å². The van der Waals surface area contributed by atoms with E-state index in [1.807, 2.05) is 27.7 Å². The predicted molar refractivity (Wildman–Crippen MR) is 64.2 cm³/mol. The van der Waals surface area contributed by atoms with Gasteiger partial charge in [0.25, 0.3) is 0 Å². The molecule has 0 spiro atoms. The summed E-state index contributed by atoms with van der Waals surface area (Å²) in [4.78, 5) is 23.6. The quantitative estimate of drug-likeness (QED) is 0.653. The number of piperidine rings is 1. The highest BCUT2D eigenvalue weighted by atomic mass is 16.3. The van der Waals surface area contributed by atoms with Gasteiger partial charge in [0, 0.05) is 18.5 Å². The number of amides is 2. The van der Waals surface area contributed by atoms with Crippen molar-refractivity contribution in [3.8, 4) is 0 Å². The molecular weight excluding hydrogens is 220 g/mol. The number of rotatable bonds is 3. The summed E-state index contributed by atoms with van der Waals surface area (Å²) < 4.78 is 0. The van der Waals surface area contributed by atoms with E-state index in [0.717, 1.165) is 0 Å². The first-order valence-corrected chi connectivity index (χ1v) is 5.92. The van der Waals surface area contributed by atoms with Crippen LogP contribution in [0, 0.1) is 11.3 Å². The Labute approximate surface area is 102 Å². The van der Waals surface area contributed by atoms with E-state index < -0.39 is 5.54 Å². The molecule has 5 heteroatoms. The molecule has 0 aromatic heterocycles. The second kappa shape index (κ2) is 4.64. The maximum absolute atomic E-state index is 12.0. The third kappa shape index (κ3) is 2.60. The number of aliphatic hydroxyl groups is 1. The Morgan fingerprint density at radius 2 is 2.06 bits per heavy atom. The van der Waals surface area contributed by atoms with E-state index in [4.69, 9.17) is 5.11 Å². The molecule has 1 aliphatic rings. The third-order valence-electron chi connectivity index (χ3n) is 4.05. The highest BCUT2D eigenvalue weighted by Gasteiger charge is 2.51. The van der Waals surface area contributed by atoms with Crippen molar-refractivity contribution in [1.82, 2.24) is 10.6 Å². The minimum absolute atomic E-state index is 0.0888. The van der Waals surface area contributed by atoms with E-state index in [2.05, 4.69) is 10.6 Å². The van der Waals surface area contributed by atoms with Crippen LogP contribution in [0.15, 0.2) is 0 Å². The summed E-state index contributed by atoms with van der Waals surface area (Å²) in [5.41, 5.74) is -0.760. The highest BCUT2D eigenvalue weighted by Crippen LogP contribution is 2.43. The van der Waals surface area contributed by atoms with Crippen LogP contribution in [0.4, 0.5) is 0 Å². The van der Waals surface area contributed by atoms with Gasteiger partial charge in [0.05, 0.1) is 12.5 Å². The summed E-state index contributed by atoms with van der Waals surface area (Å²) in [7, 11) is 0. The lowest BCUT2D eigenvalue weighted by Crippen LogP contribution is -2.64. The van der Waals surface area contributed by atoms with Crippen LogP contribution in [0.3, 0.4) is 0 Å². The van der Waals surface area contributed by atoms with Crippen LogP contribution in [-0.4, -0.2) is 35.6 Å². The van der Waals surface area contributed by atoms with Gasteiger partial charge in [-0.25, -0.2) is 0 Å². The topological polar surface area (TPSA) is 78.4 Å². The van der Waals surface area contributed by atoms with Crippen LogP contribution in [-0.2, 0) is 9.59 Å². The van der Waals surface area contributed by atoms with Gasteiger partial charge in [-0.05, 0) is 19.3 Å². The smallest absolute Gasteiger partial charge is 0.224 e. The molecule has 1 saturated heterocycles. The van der Waals surface area contributed by atoms with E-state index >= 15 is 0 Å². The molecule has 1 fully saturated rings. The van der Waals surface area contributed by atoms with Crippen LogP contribution in [0.2, 0.25) is 0 Å². The molecule has 1 heterocycles. The fourth-order valence-electron chi connectivity index (χ4n) is 2.16. The van der Waals surface area contributed by atoms with Gasteiger partial charge in [0.2, 0.25) is 11.8 Å². The summed E-state index contributed by atoms with van der Waals surface area (Å²) in [6, 6.07) is 0. The molecule has 98 valence electrons. The molecule has 0 radical (unpaired) electrons. The molecule has 3 N–H and O–H groups in total. The second-order valence-electron chi connectivity index (χ2n) is 5.67. The summed E-state index contributed by atoms with van der Waals surface area (Å²) in [6.45, 7) is 7.96. The second-order valence-corrected chi connectivity index (χ2v) is 5.67. The first kappa shape index (κ1) is 14.0. The highest BCUT2D eigenvalue weighted by molar-refractivity contribution is 5.88. The van der Waals surface area contributed by atoms with E-state index in [0.29, 0.717) is 0 Å². The normalized spacial score (nSPS) is 26.2. The van der Waals surface area contributed by atoms with Crippen LogP contribution >= 0.6 is 0 Å². The summed E-state index contributed by atoms with van der Waals surface area (Å²) >= 11 is 0. The van der Waals surface area contributed by atoms with E-state index in [1.54, 1.807) is 0 Å². The number of aliphatic hydroxyl groups excluding tert-OH is 1. The van der Waals surface area contributed by atoms with Crippen molar-refractivity contribution in [1.29, 1.82) is 0 Å².